The van der Waals surface area contributed by atoms with Gasteiger partial charge in [-0.05, 0) is 0 Å². The van der Waals surface area contributed by atoms with E-state index >= 15 is 0 Å². The molecule has 0 aromatic rings. The molecule has 0 unspecified atom stereocenters. The largest absolute Gasteiger partial charge is 0 e. The normalized spacial score (nSPS) is 0. The maximum atomic E-state index is 0. The van der Waals surface area contributed by atoms with E-state index in [-0.39, 0.29) is 202 Å². The van der Waals surface area contributed by atoms with Gasteiger partial charge in [-0.3, -0.25) is 0 Å². The molecule has 0 N–H and O–H groups in total. The minimum atomic E-state index is 0. The van der Waals surface area contributed by atoms with Gasteiger partial charge in [-0.25, -0.2) is 0 Å². The molecule has 0 saturated carbocycles. The maximum Gasteiger partial charge on any atom is 0 e. The molecule has 0 aliphatic carbocycles. The standard InChI is InChI=1S/Ca.Cd.Co.Cu.Mg.Mn.Ni.Pb.Zn.6H. The molecular formula is H6CaCdCoCuMgMnNiPbZn. The molecule has 9 heavy (non-hydrogen) atoms. The number of hydrogen-bond acceptors (Lipinski definition) is 0. The Morgan fingerprint density at radius 2 is 1.00 bits per heavy atom. The summed E-state index contributed by atoms with van der Waals surface area (Å²) in [6.07, 6.45) is 0. The Hall–Kier alpha value is 6.53. The van der Waals surface area contributed by atoms with E-state index < -0.39 is 0 Å². The van der Waals surface area contributed by atoms with Crippen molar-refractivity contribution in [2.75, 3.05) is 0 Å². The van der Waals surface area contributed by atoms with Gasteiger partial charge in [0.2, 0.25) is 0 Å². The number of hydrogen-bond donors (Lipinski definition) is 0. The van der Waals surface area contributed by atoms with Gasteiger partial charge in [0, 0.05) is 114 Å². The van der Waals surface area contributed by atoms with Crippen molar-refractivity contribution in [2.45, 2.75) is 0 Å². The number of rotatable bonds is 0. The quantitative estimate of drug-likeness (QED) is 0.242. The Labute approximate surface area is 197 Å². The molecule has 55 valence electrons. The van der Waals surface area contributed by atoms with Crippen molar-refractivity contribution < 1.29 is 114 Å². The molecule has 0 aromatic carbocycles. The van der Waals surface area contributed by atoms with Gasteiger partial charge in [0.25, 0.3) is 0 Å². The summed E-state index contributed by atoms with van der Waals surface area (Å²) in [5, 5.41) is 0. The van der Waals surface area contributed by atoms with Gasteiger partial charge in [-0.2, -0.15) is 0 Å². The zero-order valence-corrected chi connectivity index (χ0v) is 20.1. The van der Waals surface area contributed by atoms with Crippen molar-refractivity contribution in [3.05, 3.63) is 0 Å². The summed E-state index contributed by atoms with van der Waals surface area (Å²) in [6, 6.07) is 0. The minimum absolute atomic E-state index is 0. The average Bonchev–Trinajstić information content (AvgIpc) is 0. The molecule has 0 amide bonds. The Morgan fingerprint density at radius 3 is 1.00 bits per heavy atom. The van der Waals surface area contributed by atoms with Crippen LogP contribution in [0.1, 0.15) is 0 Å². The smallest absolute Gasteiger partial charge is 0 e. The van der Waals surface area contributed by atoms with Gasteiger partial charge in [-0.15, -0.1) is 0 Å². The topological polar surface area (TPSA) is 0 Å². The monoisotopic (exact) mass is 691 g/mol. The Morgan fingerprint density at radius 1 is 1.00 bits per heavy atom. The Balaban J connectivity index is 0. The minimum Gasteiger partial charge on any atom is 0 e. The van der Waals surface area contributed by atoms with E-state index in [9.17, 15) is 0 Å². The van der Waals surface area contributed by atoms with Crippen LogP contribution in [0.15, 0.2) is 0 Å². The molecule has 9 heteroatoms. The summed E-state index contributed by atoms with van der Waals surface area (Å²) >= 11 is 0. The molecule has 0 aromatic heterocycles. The van der Waals surface area contributed by atoms with E-state index in [1.165, 1.54) is 0 Å². The molecule has 0 rings (SSSR count). The molecular weight excluding hydrogens is 685 g/mol. The molecule has 0 spiro atoms. The van der Waals surface area contributed by atoms with Crippen LogP contribution in [-0.4, -0.2) is 88.1 Å². The summed E-state index contributed by atoms with van der Waals surface area (Å²) in [7, 11) is 0. The van der Waals surface area contributed by atoms with Crippen LogP contribution in [0.2, 0.25) is 0 Å². The van der Waals surface area contributed by atoms with Crippen LogP contribution in [0.5, 0.6) is 0 Å². The first-order chi connectivity index (χ1) is 0. The first-order valence-corrected chi connectivity index (χ1v) is 0. The van der Waals surface area contributed by atoms with Gasteiger partial charge >= 0.3 is 88.1 Å². The van der Waals surface area contributed by atoms with E-state index in [1.54, 1.807) is 0 Å². The second-order valence-electron chi connectivity index (χ2n) is 0. The first kappa shape index (κ1) is 76.9. The van der Waals surface area contributed by atoms with Crippen molar-refractivity contribution in [1.29, 1.82) is 0 Å². The third kappa shape index (κ3) is 53.5. The molecule has 0 aliphatic heterocycles. The molecule has 0 fully saturated rings. The zero-order chi connectivity index (χ0) is 0. The predicted molar refractivity (Wildman–Crippen MR) is 25.6 cm³/mol. The van der Waals surface area contributed by atoms with Crippen molar-refractivity contribution in [3.8, 4) is 0 Å². The van der Waals surface area contributed by atoms with Crippen LogP contribution in [0.3, 0.4) is 0 Å². The fraction of sp³-hybridized carbons (Fsp3) is 0. The van der Waals surface area contributed by atoms with E-state index in [4.69, 9.17) is 0 Å². The Kier molecular flexibility index (Phi) is 533. The SMILES string of the molecule is [CaH2].[Cd].[Co].[Cu].[MgH2].[Mn].[Ni].[PbH2].[Zn]. The Bertz CT molecular complexity index is 28.5. The van der Waals surface area contributed by atoms with Crippen LogP contribution in [0.4, 0.5) is 0 Å². The van der Waals surface area contributed by atoms with Gasteiger partial charge in [0.1, 0.15) is 0 Å². The zero-order valence-electron chi connectivity index (χ0n) is 3.45. The molecule has 0 bridgehead atoms. The van der Waals surface area contributed by atoms with Gasteiger partial charge in [-0.1, -0.05) is 0 Å². The fourth-order valence-electron chi connectivity index (χ4n) is 0. The van der Waals surface area contributed by atoms with Crippen molar-refractivity contribution >= 4 is 88.1 Å². The van der Waals surface area contributed by atoms with Gasteiger partial charge in [0.05, 0.1) is 0 Å². The second kappa shape index (κ2) is 62.4. The van der Waals surface area contributed by atoms with Crippen LogP contribution in [0, 0.1) is 0 Å². The van der Waals surface area contributed by atoms with E-state index in [0.29, 0.717) is 0 Å². The molecule has 0 heterocycles. The summed E-state index contributed by atoms with van der Waals surface area (Å²) in [5.41, 5.74) is 0. The molecule has 0 aliphatic rings. The summed E-state index contributed by atoms with van der Waals surface area (Å²) in [5.74, 6) is 0. The third-order valence-electron chi connectivity index (χ3n) is 0. The summed E-state index contributed by atoms with van der Waals surface area (Å²) in [4.78, 5) is 0. The molecule has 0 atom stereocenters. The molecule has 0 saturated heterocycles. The first-order valence-electron chi connectivity index (χ1n) is 0. The maximum absolute atomic E-state index is 0. The third-order valence-corrected chi connectivity index (χ3v) is 0. The van der Waals surface area contributed by atoms with Crippen LogP contribution in [0.25, 0.3) is 0 Å². The van der Waals surface area contributed by atoms with Gasteiger partial charge < -0.3 is 0 Å². The second-order valence-corrected chi connectivity index (χ2v) is 0. The van der Waals surface area contributed by atoms with E-state index in [0.717, 1.165) is 0 Å². The van der Waals surface area contributed by atoms with E-state index in [1.807, 2.05) is 0 Å². The summed E-state index contributed by atoms with van der Waals surface area (Å²) in [6.45, 7) is 0. The van der Waals surface area contributed by atoms with Crippen molar-refractivity contribution in [3.63, 3.8) is 0 Å². The predicted octanol–water partition coefficient (Wildman–Crippen LogP) is -2.76. The van der Waals surface area contributed by atoms with Crippen LogP contribution < -0.4 is 0 Å². The van der Waals surface area contributed by atoms with Gasteiger partial charge in [0.15, 0.2) is 0 Å². The molecule has 5 radical (unpaired) electrons. The van der Waals surface area contributed by atoms with E-state index in [2.05, 4.69) is 0 Å². The van der Waals surface area contributed by atoms with Crippen LogP contribution in [-0.2, 0) is 114 Å². The van der Waals surface area contributed by atoms with Crippen molar-refractivity contribution in [1.82, 2.24) is 0 Å². The van der Waals surface area contributed by atoms with Crippen molar-refractivity contribution in [2.24, 2.45) is 0 Å². The van der Waals surface area contributed by atoms with Crippen LogP contribution >= 0.6 is 0 Å². The fourth-order valence-corrected chi connectivity index (χ4v) is 0. The summed E-state index contributed by atoms with van der Waals surface area (Å²) < 4.78 is 0. The average molecular weight is 692 g/mol. The molecule has 0 nitrogen and oxygen atoms in total.